The molecule has 0 radical (unpaired) electrons. The quantitative estimate of drug-likeness (QED) is 0.581. The molecule has 2 aromatic heterocycles. The third-order valence-corrected chi connectivity index (χ3v) is 6.78. The number of carbonyl (C=O) groups is 1. The SMILES string of the molecule is Cn1c(NC2CCCC(C(=O)O)C2)nc2c1c(=O)n(Cc1ccc(Cl)c(Cl)c1)c(=O)n2C. The van der Waals surface area contributed by atoms with E-state index < -0.39 is 23.1 Å². The van der Waals surface area contributed by atoms with Gasteiger partial charge in [-0.2, -0.15) is 4.98 Å². The molecule has 32 heavy (non-hydrogen) atoms. The first-order valence-electron chi connectivity index (χ1n) is 10.3. The van der Waals surface area contributed by atoms with Crippen molar-refractivity contribution in [3.63, 3.8) is 0 Å². The number of aromatic nitrogens is 4. The van der Waals surface area contributed by atoms with Gasteiger partial charge < -0.3 is 15.0 Å². The highest BCUT2D eigenvalue weighted by molar-refractivity contribution is 6.42. The van der Waals surface area contributed by atoms with Crippen LogP contribution in [0, 0.1) is 5.92 Å². The second-order valence-corrected chi connectivity index (χ2v) is 9.01. The lowest BCUT2D eigenvalue weighted by Crippen LogP contribution is -2.39. The summed E-state index contributed by atoms with van der Waals surface area (Å²) in [6.45, 7) is 0.0369. The van der Waals surface area contributed by atoms with Crippen LogP contribution in [0.25, 0.3) is 11.2 Å². The molecule has 1 aliphatic rings. The van der Waals surface area contributed by atoms with Crippen LogP contribution in [-0.4, -0.2) is 35.8 Å². The lowest BCUT2D eigenvalue weighted by atomic mass is 9.86. The first-order chi connectivity index (χ1) is 15.2. The normalized spacial score (nSPS) is 18.8. The predicted octanol–water partition coefficient (Wildman–Crippen LogP) is 2.84. The molecule has 2 N–H and O–H groups in total. The van der Waals surface area contributed by atoms with Gasteiger partial charge in [0.2, 0.25) is 5.95 Å². The molecule has 1 fully saturated rings. The molecule has 3 aromatic rings. The smallest absolute Gasteiger partial charge is 0.332 e. The van der Waals surface area contributed by atoms with Crippen molar-refractivity contribution < 1.29 is 9.90 Å². The number of rotatable bonds is 5. The molecule has 1 aliphatic carbocycles. The average molecular weight is 480 g/mol. The van der Waals surface area contributed by atoms with Gasteiger partial charge in [0.05, 0.1) is 22.5 Å². The maximum Gasteiger partial charge on any atom is 0.332 e. The van der Waals surface area contributed by atoms with Crippen LogP contribution in [0.15, 0.2) is 27.8 Å². The molecule has 0 aliphatic heterocycles. The van der Waals surface area contributed by atoms with E-state index in [1.807, 2.05) is 0 Å². The largest absolute Gasteiger partial charge is 0.481 e. The Kier molecular flexibility index (Phi) is 6.05. The van der Waals surface area contributed by atoms with E-state index in [0.29, 0.717) is 34.4 Å². The van der Waals surface area contributed by atoms with Gasteiger partial charge in [-0.3, -0.25) is 18.7 Å². The van der Waals surface area contributed by atoms with Crippen LogP contribution < -0.4 is 16.6 Å². The Labute approximate surface area is 193 Å². The zero-order chi connectivity index (χ0) is 23.2. The number of aliphatic carboxylic acids is 1. The van der Waals surface area contributed by atoms with Crippen LogP contribution in [0.2, 0.25) is 10.0 Å². The summed E-state index contributed by atoms with van der Waals surface area (Å²) < 4.78 is 4.08. The maximum atomic E-state index is 13.2. The van der Waals surface area contributed by atoms with E-state index in [-0.39, 0.29) is 23.8 Å². The molecule has 0 spiro atoms. The fourth-order valence-corrected chi connectivity index (χ4v) is 4.58. The summed E-state index contributed by atoms with van der Waals surface area (Å²) in [4.78, 5) is 42.0. The van der Waals surface area contributed by atoms with Crippen LogP contribution in [0.4, 0.5) is 5.95 Å². The van der Waals surface area contributed by atoms with Gasteiger partial charge in [-0.1, -0.05) is 35.7 Å². The second-order valence-electron chi connectivity index (χ2n) is 8.19. The second kappa shape index (κ2) is 8.63. The Morgan fingerprint density at radius 3 is 2.62 bits per heavy atom. The van der Waals surface area contributed by atoms with Crippen LogP contribution >= 0.6 is 23.2 Å². The molecule has 11 heteroatoms. The highest BCUT2D eigenvalue weighted by Crippen LogP contribution is 2.27. The molecule has 4 rings (SSSR count). The minimum absolute atomic E-state index is 0.0369. The van der Waals surface area contributed by atoms with Gasteiger partial charge in [0.25, 0.3) is 5.56 Å². The Balaban J connectivity index is 1.72. The van der Waals surface area contributed by atoms with E-state index in [9.17, 15) is 19.5 Å². The topological polar surface area (TPSA) is 111 Å². The fraction of sp³-hybridized carbons (Fsp3) is 0.429. The monoisotopic (exact) mass is 479 g/mol. The molecule has 2 unspecified atom stereocenters. The number of hydrogen-bond acceptors (Lipinski definition) is 5. The number of hydrogen-bond donors (Lipinski definition) is 2. The Morgan fingerprint density at radius 2 is 1.94 bits per heavy atom. The third kappa shape index (κ3) is 4.02. The average Bonchev–Trinajstić information content (AvgIpc) is 3.08. The number of imidazole rings is 1. The molecule has 2 heterocycles. The van der Waals surface area contributed by atoms with E-state index in [1.54, 1.807) is 36.9 Å². The van der Waals surface area contributed by atoms with Crippen LogP contribution in [0.3, 0.4) is 0 Å². The van der Waals surface area contributed by atoms with Gasteiger partial charge >= 0.3 is 11.7 Å². The highest BCUT2D eigenvalue weighted by Gasteiger charge is 2.28. The molecular weight excluding hydrogens is 457 g/mol. The molecule has 1 aromatic carbocycles. The number of benzene rings is 1. The number of carboxylic acid groups (broad SMARTS) is 1. The van der Waals surface area contributed by atoms with E-state index in [4.69, 9.17) is 23.2 Å². The first kappa shape index (κ1) is 22.4. The number of carboxylic acids is 1. The Morgan fingerprint density at radius 1 is 1.19 bits per heavy atom. The summed E-state index contributed by atoms with van der Waals surface area (Å²) in [6.07, 6.45) is 2.75. The number of nitrogens with one attached hydrogen (secondary N) is 1. The zero-order valence-electron chi connectivity index (χ0n) is 17.6. The fourth-order valence-electron chi connectivity index (χ4n) is 4.26. The summed E-state index contributed by atoms with van der Waals surface area (Å²) in [5.74, 6) is -0.770. The van der Waals surface area contributed by atoms with Crippen LogP contribution in [0.5, 0.6) is 0 Å². The van der Waals surface area contributed by atoms with Crippen molar-refractivity contribution in [2.75, 3.05) is 5.32 Å². The predicted molar refractivity (Wildman–Crippen MR) is 123 cm³/mol. The lowest BCUT2D eigenvalue weighted by molar-refractivity contribution is -0.142. The van der Waals surface area contributed by atoms with E-state index in [0.717, 1.165) is 17.4 Å². The number of anilines is 1. The Bertz CT molecular complexity index is 1330. The van der Waals surface area contributed by atoms with E-state index in [2.05, 4.69) is 10.3 Å². The maximum absolute atomic E-state index is 13.2. The summed E-state index contributed by atoms with van der Waals surface area (Å²) in [5, 5.41) is 13.3. The van der Waals surface area contributed by atoms with Crippen molar-refractivity contribution in [3.8, 4) is 0 Å². The van der Waals surface area contributed by atoms with Gasteiger partial charge in [0, 0.05) is 20.1 Å². The summed E-state index contributed by atoms with van der Waals surface area (Å²) in [5.41, 5.74) is 0.243. The van der Waals surface area contributed by atoms with Gasteiger partial charge in [0.1, 0.15) is 0 Å². The molecule has 9 nitrogen and oxygen atoms in total. The lowest BCUT2D eigenvalue weighted by Gasteiger charge is -2.27. The van der Waals surface area contributed by atoms with Gasteiger partial charge in [-0.25, -0.2) is 4.79 Å². The van der Waals surface area contributed by atoms with Crippen molar-refractivity contribution in [2.45, 2.75) is 38.3 Å². The minimum Gasteiger partial charge on any atom is -0.481 e. The summed E-state index contributed by atoms with van der Waals surface area (Å²) >= 11 is 12.0. The van der Waals surface area contributed by atoms with Crippen molar-refractivity contribution in [2.24, 2.45) is 20.0 Å². The number of halogens is 2. The molecule has 0 amide bonds. The van der Waals surface area contributed by atoms with Gasteiger partial charge in [-0.15, -0.1) is 0 Å². The summed E-state index contributed by atoms with van der Waals surface area (Å²) in [7, 11) is 3.26. The number of fused-ring (bicyclic) bond motifs is 1. The van der Waals surface area contributed by atoms with Crippen molar-refractivity contribution in [3.05, 3.63) is 54.6 Å². The summed E-state index contributed by atoms with van der Waals surface area (Å²) in [6, 6.07) is 4.88. The third-order valence-electron chi connectivity index (χ3n) is 6.04. The molecule has 0 saturated heterocycles. The highest BCUT2D eigenvalue weighted by atomic mass is 35.5. The number of nitrogens with zero attached hydrogens (tertiary/aromatic N) is 4. The van der Waals surface area contributed by atoms with Crippen molar-refractivity contribution in [1.82, 2.24) is 18.7 Å². The minimum atomic E-state index is -0.797. The van der Waals surface area contributed by atoms with E-state index in [1.165, 1.54) is 4.57 Å². The van der Waals surface area contributed by atoms with Crippen molar-refractivity contribution >= 4 is 46.3 Å². The molecule has 2 atom stereocenters. The standard InChI is InChI=1S/C21H23Cl2N5O4/c1-26-16-17(25-20(26)24-13-5-3-4-12(9-13)19(30)31)27(2)21(32)28(18(16)29)10-11-6-7-14(22)15(23)8-11/h6-8,12-13H,3-5,9-10H2,1-2H3,(H,24,25)(H,30,31). The van der Waals surface area contributed by atoms with E-state index >= 15 is 0 Å². The molecular formula is C21H23Cl2N5O4. The molecule has 170 valence electrons. The van der Waals surface area contributed by atoms with Gasteiger partial charge in [-0.05, 0) is 37.0 Å². The van der Waals surface area contributed by atoms with Crippen LogP contribution in [-0.2, 0) is 25.4 Å². The zero-order valence-corrected chi connectivity index (χ0v) is 19.2. The first-order valence-corrected chi connectivity index (χ1v) is 11.0. The van der Waals surface area contributed by atoms with Crippen LogP contribution in [0.1, 0.15) is 31.2 Å². The Hall–Kier alpha value is -2.78. The molecule has 0 bridgehead atoms. The molecule has 1 saturated carbocycles. The van der Waals surface area contributed by atoms with Crippen molar-refractivity contribution in [1.29, 1.82) is 0 Å². The van der Waals surface area contributed by atoms with Gasteiger partial charge in [0.15, 0.2) is 11.2 Å². The number of aryl methyl sites for hydroxylation is 2.